The smallest absolute Gasteiger partial charge is 0.323 e. The van der Waals surface area contributed by atoms with Crippen molar-refractivity contribution in [3.05, 3.63) is 96.6 Å². The van der Waals surface area contributed by atoms with E-state index >= 15 is 0 Å². The van der Waals surface area contributed by atoms with Crippen molar-refractivity contribution in [3.8, 4) is 0 Å². The van der Waals surface area contributed by atoms with Gasteiger partial charge in [0.2, 0.25) is 17.2 Å². The third kappa shape index (κ3) is 14.6. The number of hydrogen-bond acceptors (Lipinski definition) is 10. The summed E-state index contributed by atoms with van der Waals surface area (Å²) in [7, 11) is 3.32. The molecule has 0 saturated carbocycles. The highest BCUT2D eigenvalue weighted by atomic mass is 33.1. The molecule has 1 aromatic rings. The largest absolute Gasteiger partial charge is 0.480 e. The molecule has 0 spiro atoms. The van der Waals surface area contributed by atoms with Crippen LogP contribution in [-0.4, -0.2) is 101 Å². The van der Waals surface area contributed by atoms with Crippen molar-refractivity contribution < 1.29 is 33.0 Å². The number of unbranched alkanes of at least 4 members (excludes halogenated alkanes) is 1. The summed E-state index contributed by atoms with van der Waals surface area (Å²) in [6, 6.07) is 5.81. The van der Waals surface area contributed by atoms with Crippen LogP contribution in [-0.2, 0) is 30.4 Å². The second-order valence-electron chi connectivity index (χ2n) is 10.3. The first-order valence-electron chi connectivity index (χ1n) is 15.2. The molecule has 49 heavy (non-hydrogen) atoms. The Labute approximate surface area is 301 Å². The average molecular weight is 747 g/mol. The van der Waals surface area contributed by atoms with Crippen LogP contribution in [0.25, 0.3) is 0 Å². The topological polar surface area (TPSA) is 172 Å². The molecule has 0 aliphatic carbocycles. The van der Waals surface area contributed by atoms with Crippen LogP contribution in [0.5, 0.6) is 0 Å². The van der Waals surface area contributed by atoms with Crippen molar-refractivity contribution in [2.24, 2.45) is 0 Å². The number of carboxylic acid groups (broad SMARTS) is 1. The minimum absolute atomic E-state index is 0.0776. The van der Waals surface area contributed by atoms with E-state index in [0.29, 0.717) is 13.0 Å². The first-order valence-corrected chi connectivity index (χ1v) is 19.1. The van der Waals surface area contributed by atoms with Gasteiger partial charge in [0.15, 0.2) is 5.11 Å². The van der Waals surface area contributed by atoms with Gasteiger partial charge in [0.05, 0.1) is 0 Å². The quantitative estimate of drug-likeness (QED) is 0.0291. The van der Waals surface area contributed by atoms with Crippen molar-refractivity contribution in [1.82, 2.24) is 29.7 Å². The lowest BCUT2D eigenvalue weighted by atomic mass is 10.1. The first-order chi connectivity index (χ1) is 23.7. The maximum Gasteiger partial charge on any atom is 0.323 e. The van der Waals surface area contributed by atoms with Crippen LogP contribution in [0.1, 0.15) is 25.7 Å². The molecule has 1 saturated heterocycles. The van der Waals surface area contributed by atoms with Gasteiger partial charge in [-0.3, -0.25) is 33.5 Å². The molecule has 3 amide bonds. The molecule has 3 heterocycles. The lowest BCUT2D eigenvalue weighted by molar-refractivity contribution is -0.143. The minimum Gasteiger partial charge on any atom is -0.480 e. The summed E-state index contributed by atoms with van der Waals surface area (Å²) >= 11 is 2.83. The van der Waals surface area contributed by atoms with E-state index in [-0.39, 0.29) is 29.7 Å². The molecule has 3 rings (SSSR count). The van der Waals surface area contributed by atoms with Gasteiger partial charge in [-0.15, -0.1) is 0 Å². The molecule has 2 aliphatic rings. The molecule has 0 radical (unpaired) electrons. The Morgan fingerprint density at radius 1 is 0.959 bits per heavy atom. The fraction of sp³-hybridized carbons (Fsp3) is 0.312. The maximum absolute atomic E-state index is 12.9. The molecule has 13 nitrogen and oxygen atoms in total. The maximum atomic E-state index is 12.9. The van der Waals surface area contributed by atoms with Gasteiger partial charge in [0.25, 0.3) is 11.8 Å². The molecule has 2 aliphatic heterocycles. The van der Waals surface area contributed by atoms with Gasteiger partial charge in [-0.2, -0.15) is 0 Å². The van der Waals surface area contributed by atoms with Crippen molar-refractivity contribution in [3.63, 3.8) is 0 Å². The number of aromatic nitrogens is 1. The predicted octanol–water partition coefficient (Wildman–Crippen LogP) is 3.57. The second kappa shape index (κ2) is 22.0. The van der Waals surface area contributed by atoms with E-state index in [0.717, 1.165) is 52.0 Å². The number of allylic oxidation sites excluding steroid dienone is 9. The van der Waals surface area contributed by atoms with Crippen molar-refractivity contribution in [2.75, 3.05) is 38.5 Å². The summed E-state index contributed by atoms with van der Waals surface area (Å²) in [4.78, 5) is 57.3. The number of pyridine rings is 1. The Kier molecular flexibility index (Phi) is 17.7. The standard InChI is InChI=1S/C32H38N6O7S4/c39-27(12-9-23-47-48-28-13-5-6-17-34-28)33-16-7-8-19-36-20-14-25(15-21-36)10-3-1-2-4-11-26-30(42)37(22-18-35-49(44)45)32(46)38(31(26)43)24-29(40)41/h1-6,10-11,13-15,17,20-21,35H,7-9,12,16,18-19,22-24H2,(H,33,39)(H,40,41)(H,44,45). The van der Waals surface area contributed by atoms with Gasteiger partial charge < -0.3 is 15.3 Å². The summed E-state index contributed by atoms with van der Waals surface area (Å²) in [6.45, 7) is 0.480. The molecule has 1 fully saturated rings. The van der Waals surface area contributed by atoms with Crippen LogP contribution in [0.2, 0.25) is 0 Å². The number of amides is 3. The predicted molar refractivity (Wildman–Crippen MR) is 196 cm³/mol. The zero-order valence-electron chi connectivity index (χ0n) is 26.5. The Bertz CT molecular complexity index is 1530. The lowest BCUT2D eigenvalue weighted by Gasteiger charge is -2.35. The number of thiocarbonyl (C=S) groups is 1. The Hall–Kier alpha value is -3.87. The van der Waals surface area contributed by atoms with E-state index in [2.05, 4.69) is 19.9 Å². The number of hydrogen-bond donors (Lipinski definition) is 4. The van der Waals surface area contributed by atoms with Crippen molar-refractivity contribution >= 4 is 73.9 Å². The summed E-state index contributed by atoms with van der Waals surface area (Å²) in [5, 5.41) is 12.9. The molecule has 1 atom stereocenters. The third-order valence-corrected chi connectivity index (χ3v) is 9.89. The number of aliphatic carboxylic acids is 1. The second-order valence-corrected chi connectivity index (χ2v) is 13.9. The van der Waals surface area contributed by atoms with E-state index in [9.17, 15) is 28.5 Å². The Morgan fingerprint density at radius 3 is 2.39 bits per heavy atom. The van der Waals surface area contributed by atoms with E-state index in [4.69, 9.17) is 16.8 Å². The Balaban J connectivity index is 1.36. The van der Waals surface area contributed by atoms with Gasteiger partial charge in [0.1, 0.15) is 17.1 Å². The van der Waals surface area contributed by atoms with Crippen LogP contribution in [0, 0.1) is 0 Å². The number of nitrogens with one attached hydrogen (secondary N) is 2. The first kappa shape index (κ1) is 39.6. The summed E-state index contributed by atoms with van der Waals surface area (Å²) < 4.78 is 22.0. The van der Waals surface area contributed by atoms with Gasteiger partial charge in [0, 0.05) is 56.9 Å². The highest BCUT2D eigenvalue weighted by Crippen LogP contribution is 2.29. The normalized spacial score (nSPS) is 16.4. The SMILES string of the molecule is O=C(O)CN1C(=O)C(=CC=CC=CC=C2C=CN(CCCCNC(=O)CCCSSc3ccccn3)C=C2)C(=O)N(CCNS(=O)O)C1=S. The van der Waals surface area contributed by atoms with Crippen LogP contribution in [0.15, 0.2) is 102 Å². The molecular formula is C32H38N6O7S4. The van der Waals surface area contributed by atoms with Gasteiger partial charge in [-0.25, -0.2) is 13.9 Å². The van der Waals surface area contributed by atoms with Crippen LogP contribution in [0.3, 0.4) is 0 Å². The van der Waals surface area contributed by atoms with E-state index in [1.807, 2.05) is 48.8 Å². The summed E-state index contributed by atoms with van der Waals surface area (Å²) in [5.41, 5.74) is 0.678. The summed E-state index contributed by atoms with van der Waals surface area (Å²) in [5.74, 6) is -1.92. The Morgan fingerprint density at radius 2 is 1.69 bits per heavy atom. The molecule has 1 unspecified atom stereocenters. The van der Waals surface area contributed by atoms with Crippen molar-refractivity contribution in [1.29, 1.82) is 0 Å². The van der Waals surface area contributed by atoms with Gasteiger partial charge in [-0.05, 0) is 78.2 Å². The molecular weight excluding hydrogens is 709 g/mol. The highest BCUT2D eigenvalue weighted by Gasteiger charge is 2.39. The molecule has 4 N–H and O–H groups in total. The molecule has 17 heteroatoms. The van der Waals surface area contributed by atoms with Crippen molar-refractivity contribution in [2.45, 2.75) is 30.7 Å². The number of carboxylic acids is 1. The molecule has 0 aromatic carbocycles. The fourth-order valence-electron chi connectivity index (χ4n) is 4.26. The monoisotopic (exact) mass is 746 g/mol. The van der Waals surface area contributed by atoms with E-state index in [1.165, 1.54) is 12.2 Å². The third-order valence-electron chi connectivity index (χ3n) is 6.65. The summed E-state index contributed by atoms with van der Waals surface area (Å²) in [6.07, 6.45) is 22.6. The number of carbonyl (C=O) groups is 4. The highest BCUT2D eigenvalue weighted by molar-refractivity contribution is 8.76. The number of rotatable bonds is 20. The molecule has 0 bridgehead atoms. The number of carbonyl (C=O) groups excluding carboxylic acids is 3. The lowest BCUT2D eigenvalue weighted by Crippen LogP contribution is -2.58. The zero-order chi connectivity index (χ0) is 35.4. The van der Waals surface area contributed by atoms with E-state index in [1.54, 1.807) is 46.0 Å². The van der Waals surface area contributed by atoms with Crippen LogP contribution < -0.4 is 10.0 Å². The molecule has 262 valence electrons. The zero-order valence-corrected chi connectivity index (χ0v) is 29.8. The van der Waals surface area contributed by atoms with Gasteiger partial charge >= 0.3 is 5.97 Å². The number of nitrogens with zero attached hydrogens (tertiary/aromatic N) is 4. The average Bonchev–Trinajstić information content (AvgIpc) is 3.08. The van der Waals surface area contributed by atoms with E-state index < -0.39 is 35.6 Å². The minimum atomic E-state index is -2.32. The van der Waals surface area contributed by atoms with Crippen LogP contribution >= 0.6 is 33.8 Å². The molecule has 1 aromatic heterocycles. The fourth-order valence-corrected chi connectivity index (χ4v) is 6.82. The van der Waals surface area contributed by atoms with Crippen LogP contribution in [0.4, 0.5) is 0 Å². The van der Waals surface area contributed by atoms with Gasteiger partial charge in [-0.1, -0.05) is 47.2 Å².